The van der Waals surface area contributed by atoms with Gasteiger partial charge in [0.2, 0.25) is 0 Å². The zero-order valence-corrected chi connectivity index (χ0v) is 17.0. The molecule has 0 unspecified atom stereocenters. The zero-order chi connectivity index (χ0) is 16.7. The van der Waals surface area contributed by atoms with Crippen LogP contribution in [-0.2, 0) is 17.6 Å². The van der Waals surface area contributed by atoms with Gasteiger partial charge in [0, 0.05) is 22.2 Å². The first-order valence-electron chi connectivity index (χ1n) is 8.15. The molecule has 3 heteroatoms. The largest absolute Gasteiger partial charge is 0.381 e. The van der Waals surface area contributed by atoms with Gasteiger partial charge in [-0.1, -0.05) is 68.3 Å². The first kappa shape index (κ1) is 18.7. The second-order valence-electron chi connectivity index (χ2n) is 5.92. The molecule has 124 valence electrons. The lowest BCUT2D eigenvalue weighted by Gasteiger charge is -2.09. The van der Waals surface area contributed by atoms with Crippen molar-refractivity contribution in [1.82, 2.24) is 0 Å². The Labute approximate surface area is 156 Å². The summed E-state index contributed by atoms with van der Waals surface area (Å²) in [6.07, 6.45) is 4.25. The molecule has 0 atom stereocenters. The minimum atomic E-state index is 0.829. The van der Waals surface area contributed by atoms with E-state index in [9.17, 15) is 0 Å². The van der Waals surface area contributed by atoms with Crippen LogP contribution in [0.2, 0.25) is 0 Å². The SMILES string of the molecule is Cc1cccc(CCCOCCCc2cccc(C)c2Br)c1Br. The highest BCUT2D eigenvalue weighted by atomic mass is 79.9. The summed E-state index contributed by atoms with van der Waals surface area (Å²) in [5.41, 5.74) is 5.34. The van der Waals surface area contributed by atoms with E-state index in [0.717, 1.165) is 38.9 Å². The fourth-order valence-electron chi connectivity index (χ4n) is 2.63. The Bertz CT molecular complexity index is 582. The minimum Gasteiger partial charge on any atom is -0.381 e. The molecule has 0 aliphatic heterocycles. The second-order valence-corrected chi connectivity index (χ2v) is 7.50. The van der Waals surface area contributed by atoms with Gasteiger partial charge in [-0.3, -0.25) is 0 Å². The fraction of sp³-hybridized carbons (Fsp3) is 0.400. The predicted octanol–water partition coefficient (Wildman–Crippen LogP) is 6.41. The molecule has 0 radical (unpaired) electrons. The third-order valence-electron chi connectivity index (χ3n) is 4.01. The van der Waals surface area contributed by atoms with Gasteiger partial charge in [0.1, 0.15) is 0 Å². The minimum absolute atomic E-state index is 0.829. The molecule has 0 aliphatic rings. The molecule has 0 amide bonds. The molecule has 2 aromatic rings. The Morgan fingerprint density at radius 2 is 1.17 bits per heavy atom. The normalized spacial score (nSPS) is 11.0. The maximum absolute atomic E-state index is 5.79. The van der Waals surface area contributed by atoms with Crippen LogP contribution in [0.15, 0.2) is 45.3 Å². The number of rotatable bonds is 8. The third kappa shape index (κ3) is 5.74. The van der Waals surface area contributed by atoms with Gasteiger partial charge in [0.05, 0.1) is 0 Å². The lowest BCUT2D eigenvalue weighted by Crippen LogP contribution is -2.01. The molecule has 2 rings (SSSR count). The number of ether oxygens (including phenoxy) is 1. The monoisotopic (exact) mass is 438 g/mol. The van der Waals surface area contributed by atoms with E-state index in [-0.39, 0.29) is 0 Å². The molecule has 0 spiro atoms. The van der Waals surface area contributed by atoms with E-state index in [1.54, 1.807) is 0 Å². The topological polar surface area (TPSA) is 9.23 Å². The van der Waals surface area contributed by atoms with Crippen molar-refractivity contribution < 1.29 is 4.74 Å². The van der Waals surface area contributed by atoms with Gasteiger partial charge >= 0.3 is 0 Å². The molecule has 23 heavy (non-hydrogen) atoms. The molecule has 0 fully saturated rings. The van der Waals surface area contributed by atoms with Crippen LogP contribution in [0.1, 0.15) is 35.1 Å². The summed E-state index contributed by atoms with van der Waals surface area (Å²) in [4.78, 5) is 0. The number of halogens is 2. The van der Waals surface area contributed by atoms with Crippen molar-refractivity contribution >= 4 is 31.9 Å². The van der Waals surface area contributed by atoms with Crippen LogP contribution < -0.4 is 0 Å². The summed E-state index contributed by atoms with van der Waals surface area (Å²) >= 11 is 7.33. The lowest BCUT2D eigenvalue weighted by atomic mass is 10.1. The number of hydrogen-bond donors (Lipinski definition) is 0. The standard InChI is InChI=1S/C20H24Br2O/c1-15-7-3-9-17(19(15)21)11-5-13-23-14-6-12-18-10-4-8-16(2)20(18)22/h3-4,7-10H,5-6,11-14H2,1-2H3. The van der Waals surface area contributed by atoms with Crippen molar-refractivity contribution in [3.63, 3.8) is 0 Å². The Kier molecular flexibility index (Phi) is 7.81. The highest BCUT2D eigenvalue weighted by Gasteiger charge is 2.03. The lowest BCUT2D eigenvalue weighted by molar-refractivity contribution is 0.129. The van der Waals surface area contributed by atoms with Gasteiger partial charge in [-0.05, 0) is 61.8 Å². The van der Waals surface area contributed by atoms with Crippen molar-refractivity contribution in [1.29, 1.82) is 0 Å². The summed E-state index contributed by atoms with van der Waals surface area (Å²) in [5.74, 6) is 0. The van der Waals surface area contributed by atoms with Gasteiger partial charge in [-0.2, -0.15) is 0 Å². The summed E-state index contributed by atoms with van der Waals surface area (Å²) in [5, 5.41) is 0. The van der Waals surface area contributed by atoms with Crippen LogP contribution >= 0.6 is 31.9 Å². The van der Waals surface area contributed by atoms with E-state index >= 15 is 0 Å². The van der Waals surface area contributed by atoms with Crippen LogP contribution in [-0.4, -0.2) is 13.2 Å². The maximum Gasteiger partial charge on any atom is 0.0469 e. The Balaban J connectivity index is 1.63. The van der Waals surface area contributed by atoms with Crippen molar-refractivity contribution in [2.24, 2.45) is 0 Å². The van der Waals surface area contributed by atoms with Crippen molar-refractivity contribution in [3.05, 3.63) is 67.6 Å². The summed E-state index contributed by atoms with van der Waals surface area (Å²) < 4.78 is 8.27. The van der Waals surface area contributed by atoms with E-state index in [0.29, 0.717) is 0 Å². The Hall–Kier alpha value is -0.640. The van der Waals surface area contributed by atoms with Crippen molar-refractivity contribution in [3.8, 4) is 0 Å². The first-order chi connectivity index (χ1) is 11.1. The maximum atomic E-state index is 5.79. The average Bonchev–Trinajstić information content (AvgIpc) is 2.54. The highest BCUT2D eigenvalue weighted by molar-refractivity contribution is 9.10. The number of hydrogen-bond acceptors (Lipinski definition) is 1. The van der Waals surface area contributed by atoms with Gasteiger partial charge < -0.3 is 4.74 Å². The highest BCUT2D eigenvalue weighted by Crippen LogP contribution is 2.23. The van der Waals surface area contributed by atoms with Crippen LogP contribution in [0.25, 0.3) is 0 Å². The third-order valence-corrected chi connectivity index (χ3v) is 6.28. The first-order valence-corrected chi connectivity index (χ1v) is 9.74. The van der Waals surface area contributed by atoms with Crippen LogP contribution in [0.4, 0.5) is 0 Å². The van der Waals surface area contributed by atoms with Gasteiger partial charge in [0.15, 0.2) is 0 Å². The molecular formula is C20H24Br2O. The summed E-state index contributed by atoms with van der Waals surface area (Å²) in [6.45, 7) is 5.92. The second kappa shape index (κ2) is 9.61. The van der Waals surface area contributed by atoms with Gasteiger partial charge in [-0.25, -0.2) is 0 Å². The molecular weight excluding hydrogens is 416 g/mol. The Morgan fingerprint density at radius 3 is 1.61 bits per heavy atom. The molecule has 0 bridgehead atoms. The molecule has 0 saturated carbocycles. The molecule has 0 saturated heterocycles. The van der Waals surface area contributed by atoms with Crippen molar-refractivity contribution in [2.75, 3.05) is 13.2 Å². The molecule has 1 nitrogen and oxygen atoms in total. The average molecular weight is 440 g/mol. The molecule has 0 aliphatic carbocycles. The van der Waals surface area contributed by atoms with E-state index in [4.69, 9.17) is 4.74 Å². The molecule has 0 N–H and O–H groups in total. The zero-order valence-electron chi connectivity index (χ0n) is 13.9. The van der Waals surface area contributed by atoms with Crippen LogP contribution in [0.5, 0.6) is 0 Å². The van der Waals surface area contributed by atoms with E-state index in [1.807, 2.05) is 0 Å². The summed E-state index contributed by atoms with van der Waals surface area (Å²) in [7, 11) is 0. The quantitative estimate of drug-likeness (QED) is 0.431. The number of benzene rings is 2. The molecule has 0 heterocycles. The van der Waals surface area contributed by atoms with Gasteiger partial charge in [0.25, 0.3) is 0 Å². The molecule has 0 aromatic heterocycles. The molecule has 2 aromatic carbocycles. The summed E-state index contributed by atoms with van der Waals surface area (Å²) in [6, 6.07) is 12.9. The van der Waals surface area contributed by atoms with Gasteiger partial charge in [-0.15, -0.1) is 0 Å². The van der Waals surface area contributed by atoms with E-state index in [1.165, 1.54) is 31.2 Å². The smallest absolute Gasteiger partial charge is 0.0469 e. The Morgan fingerprint density at radius 1 is 0.739 bits per heavy atom. The van der Waals surface area contributed by atoms with Crippen LogP contribution in [0.3, 0.4) is 0 Å². The van der Waals surface area contributed by atoms with E-state index in [2.05, 4.69) is 82.1 Å². The van der Waals surface area contributed by atoms with Crippen molar-refractivity contribution in [2.45, 2.75) is 39.5 Å². The predicted molar refractivity (Wildman–Crippen MR) is 105 cm³/mol. The van der Waals surface area contributed by atoms with E-state index < -0.39 is 0 Å². The number of aryl methyl sites for hydroxylation is 4. The fourth-order valence-corrected chi connectivity index (χ4v) is 3.56. The van der Waals surface area contributed by atoms with Crippen LogP contribution in [0, 0.1) is 13.8 Å².